The number of methoxy groups -OCH3 is 3. The van der Waals surface area contributed by atoms with Crippen molar-refractivity contribution in [1.29, 1.82) is 0 Å². The van der Waals surface area contributed by atoms with Crippen LogP contribution in [0.1, 0.15) is 5.56 Å². The predicted molar refractivity (Wildman–Crippen MR) is 107 cm³/mol. The van der Waals surface area contributed by atoms with Crippen LogP contribution in [0.25, 0.3) is 0 Å². The number of carbonyl (C=O) groups is 2. The lowest BCUT2D eigenvalue weighted by Crippen LogP contribution is -2.33. The lowest BCUT2D eigenvalue weighted by atomic mass is 9.93. The molecule has 0 bridgehead atoms. The second kappa shape index (κ2) is 7.59. The molecule has 160 valence electrons. The zero-order valence-corrected chi connectivity index (χ0v) is 16.7. The van der Waals surface area contributed by atoms with Gasteiger partial charge in [0, 0.05) is 23.8 Å². The fourth-order valence-electron chi connectivity index (χ4n) is 3.61. The van der Waals surface area contributed by atoms with E-state index >= 15 is 0 Å². The summed E-state index contributed by atoms with van der Waals surface area (Å²) in [4.78, 5) is 43.0. The normalized spacial score (nSPS) is 19.6. The molecule has 0 N–H and O–H groups in total. The number of fused-ring (bicyclic) bond motifs is 1. The molecular formula is C20H17N3O8. The third kappa shape index (κ3) is 3.10. The van der Waals surface area contributed by atoms with Gasteiger partial charge in [-0.05, 0) is 18.2 Å². The molecule has 0 spiro atoms. The van der Waals surface area contributed by atoms with E-state index in [0.29, 0.717) is 17.1 Å². The number of amides is 2. The van der Waals surface area contributed by atoms with Crippen LogP contribution < -0.4 is 19.1 Å². The van der Waals surface area contributed by atoms with Gasteiger partial charge in [0.2, 0.25) is 12.0 Å². The van der Waals surface area contributed by atoms with Gasteiger partial charge in [0.25, 0.3) is 11.6 Å². The van der Waals surface area contributed by atoms with Crippen molar-refractivity contribution in [3.63, 3.8) is 0 Å². The molecule has 0 aliphatic carbocycles. The van der Waals surface area contributed by atoms with Crippen LogP contribution in [0.2, 0.25) is 0 Å². The fourth-order valence-corrected chi connectivity index (χ4v) is 3.61. The Morgan fingerprint density at radius 3 is 2.39 bits per heavy atom. The van der Waals surface area contributed by atoms with Gasteiger partial charge in [0.05, 0.1) is 26.3 Å². The van der Waals surface area contributed by atoms with Crippen molar-refractivity contribution in [2.75, 3.05) is 26.2 Å². The maximum absolute atomic E-state index is 13.3. The number of imide groups is 1. The molecule has 2 aromatic rings. The van der Waals surface area contributed by atoms with Gasteiger partial charge in [-0.2, -0.15) is 0 Å². The maximum atomic E-state index is 13.3. The molecule has 2 unspecified atom stereocenters. The van der Waals surface area contributed by atoms with E-state index < -0.39 is 28.8 Å². The SMILES string of the molecule is COc1ccc(C2=NOC3C(=O)N(c4cc([N+](=O)[O-])ccc4OC)C(=O)C23)c(OC)c1. The number of carbonyl (C=O) groups excluding carboxylic acids is 2. The number of anilines is 1. The average Bonchev–Trinajstić information content (AvgIpc) is 3.32. The monoisotopic (exact) mass is 427 g/mol. The third-order valence-corrected chi connectivity index (χ3v) is 5.11. The molecule has 0 saturated carbocycles. The number of benzene rings is 2. The highest BCUT2D eigenvalue weighted by atomic mass is 16.7. The molecular weight excluding hydrogens is 410 g/mol. The first kappa shape index (κ1) is 20.1. The quantitative estimate of drug-likeness (QED) is 0.388. The van der Waals surface area contributed by atoms with Crippen molar-refractivity contribution in [3.05, 3.63) is 52.1 Å². The van der Waals surface area contributed by atoms with Crippen molar-refractivity contribution in [1.82, 2.24) is 0 Å². The molecule has 31 heavy (non-hydrogen) atoms. The lowest BCUT2D eigenvalue weighted by molar-refractivity contribution is -0.384. The average molecular weight is 427 g/mol. The zero-order chi connectivity index (χ0) is 22.3. The van der Waals surface area contributed by atoms with Crippen molar-refractivity contribution >= 4 is 28.9 Å². The first-order valence-electron chi connectivity index (χ1n) is 9.07. The van der Waals surface area contributed by atoms with Crippen LogP contribution in [0.15, 0.2) is 41.6 Å². The van der Waals surface area contributed by atoms with Crippen LogP contribution in [0.5, 0.6) is 17.2 Å². The summed E-state index contributed by atoms with van der Waals surface area (Å²) in [6.07, 6.45) is -1.20. The molecule has 1 fully saturated rings. The Labute approximate surface area is 175 Å². The van der Waals surface area contributed by atoms with E-state index in [1.165, 1.54) is 33.5 Å². The van der Waals surface area contributed by atoms with Crippen LogP contribution in [-0.2, 0) is 14.4 Å². The van der Waals surface area contributed by atoms with Crippen LogP contribution in [0.3, 0.4) is 0 Å². The Morgan fingerprint density at radius 1 is 1.00 bits per heavy atom. The number of hydrogen-bond acceptors (Lipinski definition) is 9. The van der Waals surface area contributed by atoms with Crippen molar-refractivity contribution in [3.8, 4) is 17.2 Å². The van der Waals surface area contributed by atoms with Gasteiger partial charge in [0.15, 0.2) is 0 Å². The molecule has 2 aliphatic heterocycles. The molecule has 2 amide bonds. The van der Waals surface area contributed by atoms with Crippen LogP contribution >= 0.6 is 0 Å². The largest absolute Gasteiger partial charge is 0.497 e. The number of nitro groups is 1. The highest BCUT2D eigenvalue weighted by Crippen LogP contribution is 2.41. The number of ether oxygens (including phenoxy) is 3. The minimum atomic E-state index is -1.20. The van der Waals surface area contributed by atoms with Crippen molar-refractivity contribution < 1.29 is 33.6 Å². The molecule has 0 aromatic heterocycles. The fraction of sp³-hybridized carbons (Fsp3) is 0.250. The lowest BCUT2D eigenvalue weighted by Gasteiger charge is -2.18. The van der Waals surface area contributed by atoms with Gasteiger partial charge in [-0.1, -0.05) is 5.16 Å². The van der Waals surface area contributed by atoms with Gasteiger partial charge < -0.3 is 19.0 Å². The Bertz CT molecular complexity index is 1130. The van der Waals surface area contributed by atoms with E-state index in [0.717, 1.165) is 11.0 Å². The molecule has 2 aromatic carbocycles. The number of oxime groups is 1. The van der Waals surface area contributed by atoms with Gasteiger partial charge in [-0.3, -0.25) is 19.7 Å². The molecule has 11 heteroatoms. The minimum absolute atomic E-state index is 0.0363. The second-order valence-electron chi connectivity index (χ2n) is 6.67. The van der Waals surface area contributed by atoms with Gasteiger partial charge in [-0.15, -0.1) is 0 Å². The Balaban J connectivity index is 1.76. The summed E-state index contributed by atoms with van der Waals surface area (Å²) >= 11 is 0. The highest BCUT2D eigenvalue weighted by Gasteiger charge is 2.57. The van der Waals surface area contributed by atoms with Gasteiger partial charge in [-0.25, -0.2) is 4.90 Å². The standard InChI is InChI=1S/C20H17N3O8/c1-28-11-5-6-12(15(9-11)30-3)17-16-18(31-21-17)20(25)22(19(16)24)13-8-10(23(26)27)4-7-14(13)29-2/h4-9,16,18H,1-3H3. The molecule has 2 aliphatic rings. The van der Waals surface area contributed by atoms with Crippen molar-refractivity contribution in [2.24, 2.45) is 11.1 Å². The molecule has 0 radical (unpaired) electrons. The summed E-state index contributed by atoms with van der Waals surface area (Å²) in [5.41, 5.74) is 0.352. The summed E-state index contributed by atoms with van der Waals surface area (Å²) in [5.74, 6) is -1.32. The number of nitro benzene ring substituents is 1. The van der Waals surface area contributed by atoms with Gasteiger partial charge in [0.1, 0.15) is 34.6 Å². The summed E-state index contributed by atoms with van der Waals surface area (Å²) in [5, 5.41) is 15.2. The second-order valence-corrected chi connectivity index (χ2v) is 6.67. The highest BCUT2D eigenvalue weighted by molar-refractivity contribution is 6.33. The number of nitrogens with zero attached hydrogens (tertiary/aromatic N) is 3. The Morgan fingerprint density at radius 2 is 1.74 bits per heavy atom. The maximum Gasteiger partial charge on any atom is 0.279 e. The van der Waals surface area contributed by atoms with E-state index in [2.05, 4.69) is 5.16 Å². The predicted octanol–water partition coefficient (Wildman–Crippen LogP) is 1.91. The zero-order valence-electron chi connectivity index (χ0n) is 16.7. The third-order valence-electron chi connectivity index (χ3n) is 5.11. The topological polar surface area (TPSA) is 130 Å². The number of rotatable bonds is 6. The van der Waals surface area contributed by atoms with Crippen molar-refractivity contribution in [2.45, 2.75) is 6.10 Å². The van der Waals surface area contributed by atoms with Gasteiger partial charge >= 0.3 is 0 Å². The molecule has 2 atom stereocenters. The molecule has 2 heterocycles. The van der Waals surface area contributed by atoms with Crippen LogP contribution in [-0.4, -0.2) is 49.9 Å². The van der Waals surface area contributed by atoms with E-state index in [4.69, 9.17) is 19.0 Å². The smallest absolute Gasteiger partial charge is 0.279 e. The summed E-state index contributed by atoms with van der Waals surface area (Å²) in [6, 6.07) is 8.59. The molecule has 1 saturated heterocycles. The molecule has 4 rings (SSSR count). The van der Waals surface area contributed by atoms with E-state index in [-0.39, 0.29) is 22.8 Å². The number of hydrogen-bond donors (Lipinski definition) is 0. The number of non-ortho nitro benzene ring substituents is 1. The Kier molecular flexibility index (Phi) is 4.93. The first-order valence-corrected chi connectivity index (χ1v) is 9.07. The van der Waals surface area contributed by atoms with Crippen LogP contribution in [0, 0.1) is 16.0 Å². The summed E-state index contributed by atoms with van der Waals surface area (Å²) in [7, 11) is 4.29. The van der Waals surface area contributed by atoms with E-state index in [1.807, 2.05) is 0 Å². The molecule has 11 nitrogen and oxygen atoms in total. The van der Waals surface area contributed by atoms with E-state index in [9.17, 15) is 19.7 Å². The van der Waals surface area contributed by atoms with Crippen LogP contribution in [0.4, 0.5) is 11.4 Å². The minimum Gasteiger partial charge on any atom is -0.497 e. The first-order chi connectivity index (χ1) is 14.9. The van der Waals surface area contributed by atoms with E-state index in [1.54, 1.807) is 18.2 Å². The summed E-state index contributed by atoms with van der Waals surface area (Å²) in [6.45, 7) is 0. The Hall–Kier alpha value is -4.15. The summed E-state index contributed by atoms with van der Waals surface area (Å²) < 4.78 is 15.8.